The molecule has 0 heterocycles. The third-order valence-corrected chi connectivity index (χ3v) is 2.67. The van der Waals surface area contributed by atoms with Gasteiger partial charge >= 0.3 is 6.03 Å². The van der Waals surface area contributed by atoms with Gasteiger partial charge in [0.1, 0.15) is 5.82 Å². The molecular weight excluding hydrogens is 219 g/mol. The molecule has 0 saturated carbocycles. The van der Waals surface area contributed by atoms with Gasteiger partial charge in [0.2, 0.25) is 0 Å². The number of rotatable bonds is 3. The van der Waals surface area contributed by atoms with E-state index in [1.54, 1.807) is 32.2 Å². The van der Waals surface area contributed by atoms with Gasteiger partial charge in [-0.2, -0.15) is 0 Å². The summed E-state index contributed by atoms with van der Waals surface area (Å²) in [5, 5.41) is 2.78. The molecule has 1 rings (SSSR count). The highest BCUT2D eigenvalue weighted by molar-refractivity contribution is 5.74. The molecule has 1 atom stereocenters. The minimum Gasteiger partial charge on any atom is -0.336 e. The van der Waals surface area contributed by atoms with Gasteiger partial charge in [-0.3, -0.25) is 0 Å². The predicted octanol–water partition coefficient (Wildman–Crippen LogP) is 2.94. The first-order valence-corrected chi connectivity index (χ1v) is 5.71. The fourth-order valence-electron chi connectivity index (χ4n) is 1.55. The van der Waals surface area contributed by atoms with Crippen molar-refractivity contribution in [3.8, 4) is 0 Å². The van der Waals surface area contributed by atoms with Crippen molar-refractivity contribution < 1.29 is 9.18 Å². The van der Waals surface area contributed by atoms with Crippen LogP contribution in [0.3, 0.4) is 0 Å². The average molecular weight is 238 g/mol. The van der Waals surface area contributed by atoms with Crippen LogP contribution in [0, 0.1) is 5.82 Å². The highest BCUT2D eigenvalue weighted by Gasteiger charge is 2.19. The number of nitrogens with one attached hydrogen (secondary N) is 1. The van der Waals surface area contributed by atoms with Crippen molar-refractivity contribution in [1.82, 2.24) is 10.2 Å². The van der Waals surface area contributed by atoms with E-state index in [0.717, 1.165) is 0 Å². The summed E-state index contributed by atoms with van der Waals surface area (Å²) in [4.78, 5) is 13.3. The summed E-state index contributed by atoms with van der Waals surface area (Å²) in [5.74, 6) is -0.288. The van der Waals surface area contributed by atoms with Gasteiger partial charge in [0.25, 0.3) is 0 Å². The molecule has 0 aliphatic rings. The third kappa shape index (κ3) is 3.44. The standard InChI is InChI=1S/C13H19FN2O/c1-9(2)15-13(17)16(4)10(3)11-7-5-6-8-12(11)14/h5-10H,1-4H3,(H,15,17). The Kier molecular flexibility index (Phi) is 4.49. The smallest absolute Gasteiger partial charge is 0.317 e. The van der Waals surface area contributed by atoms with Crippen molar-refractivity contribution in [2.24, 2.45) is 0 Å². The summed E-state index contributed by atoms with van der Waals surface area (Å²) in [7, 11) is 1.66. The van der Waals surface area contributed by atoms with Crippen LogP contribution in [0.25, 0.3) is 0 Å². The number of urea groups is 1. The zero-order chi connectivity index (χ0) is 13.0. The molecule has 94 valence electrons. The second kappa shape index (κ2) is 5.66. The van der Waals surface area contributed by atoms with Gasteiger partial charge in [0.15, 0.2) is 0 Å². The van der Waals surface area contributed by atoms with E-state index in [0.29, 0.717) is 5.56 Å². The Morgan fingerprint density at radius 3 is 2.41 bits per heavy atom. The molecule has 0 spiro atoms. The lowest BCUT2D eigenvalue weighted by molar-refractivity contribution is 0.191. The van der Waals surface area contributed by atoms with Crippen molar-refractivity contribution >= 4 is 6.03 Å². The first-order chi connectivity index (χ1) is 7.93. The summed E-state index contributed by atoms with van der Waals surface area (Å²) in [6, 6.07) is 6.07. The lowest BCUT2D eigenvalue weighted by Crippen LogP contribution is -2.42. The van der Waals surface area contributed by atoms with E-state index >= 15 is 0 Å². The van der Waals surface area contributed by atoms with E-state index in [9.17, 15) is 9.18 Å². The van der Waals surface area contributed by atoms with Gasteiger partial charge < -0.3 is 10.2 Å². The van der Waals surface area contributed by atoms with Crippen LogP contribution in [0.1, 0.15) is 32.4 Å². The zero-order valence-corrected chi connectivity index (χ0v) is 10.7. The zero-order valence-electron chi connectivity index (χ0n) is 10.7. The molecule has 2 amide bonds. The highest BCUT2D eigenvalue weighted by Crippen LogP contribution is 2.21. The predicted molar refractivity (Wildman–Crippen MR) is 66.2 cm³/mol. The molecule has 1 aromatic rings. The Morgan fingerprint density at radius 1 is 1.29 bits per heavy atom. The minimum absolute atomic E-state index is 0.0674. The maximum absolute atomic E-state index is 13.6. The number of carbonyl (C=O) groups excluding carboxylic acids is 1. The Bertz CT molecular complexity index is 393. The van der Waals surface area contributed by atoms with Crippen molar-refractivity contribution in [2.45, 2.75) is 32.9 Å². The first-order valence-electron chi connectivity index (χ1n) is 5.71. The number of hydrogen-bond donors (Lipinski definition) is 1. The molecular formula is C13H19FN2O. The second-order valence-electron chi connectivity index (χ2n) is 4.41. The third-order valence-electron chi connectivity index (χ3n) is 2.67. The molecule has 1 N–H and O–H groups in total. The summed E-state index contributed by atoms with van der Waals surface area (Å²) in [6.07, 6.45) is 0. The Labute approximate surface area is 102 Å². The maximum atomic E-state index is 13.6. The fraction of sp³-hybridized carbons (Fsp3) is 0.462. The number of amides is 2. The molecule has 17 heavy (non-hydrogen) atoms. The van der Waals surface area contributed by atoms with Crippen LogP contribution < -0.4 is 5.32 Å². The van der Waals surface area contributed by atoms with Gasteiger partial charge in [-0.25, -0.2) is 9.18 Å². The molecule has 1 unspecified atom stereocenters. The van der Waals surface area contributed by atoms with Crippen LogP contribution in [-0.4, -0.2) is 24.0 Å². The van der Waals surface area contributed by atoms with Gasteiger partial charge in [-0.1, -0.05) is 18.2 Å². The molecule has 0 aliphatic carbocycles. The maximum Gasteiger partial charge on any atom is 0.317 e. The minimum atomic E-state index is -0.296. The van der Waals surface area contributed by atoms with Crippen LogP contribution in [0.2, 0.25) is 0 Å². The van der Waals surface area contributed by atoms with Crippen LogP contribution in [-0.2, 0) is 0 Å². The molecule has 0 aliphatic heterocycles. The van der Waals surface area contributed by atoms with Crippen molar-refractivity contribution in [2.75, 3.05) is 7.05 Å². The van der Waals surface area contributed by atoms with E-state index in [1.165, 1.54) is 11.0 Å². The topological polar surface area (TPSA) is 32.3 Å². The normalized spacial score (nSPS) is 12.4. The number of benzene rings is 1. The Hall–Kier alpha value is -1.58. The number of carbonyl (C=O) groups is 1. The summed E-state index contributed by atoms with van der Waals surface area (Å²) < 4.78 is 13.6. The van der Waals surface area contributed by atoms with E-state index in [4.69, 9.17) is 0 Å². The Balaban J connectivity index is 2.80. The largest absolute Gasteiger partial charge is 0.336 e. The second-order valence-corrected chi connectivity index (χ2v) is 4.41. The lowest BCUT2D eigenvalue weighted by Gasteiger charge is -2.26. The van der Waals surface area contributed by atoms with Crippen molar-refractivity contribution in [1.29, 1.82) is 0 Å². The number of hydrogen-bond acceptors (Lipinski definition) is 1. The van der Waals surface area contributed by atoms with Gasteiger partial charge in [-0.15, -0.1) is 0 Å². The fourth-order valence-corrected chi connectivity index (χ4v) is 1.55. The summed E-state index contributed by atoms with van der Waals surface area (Å²) in [5.41, 5.74) is 0.522. The summed E-state index contributed by atoms with van der Waals surface area (Å²) >= 11 is 0. The van der Waals surface area contributed by atoms with E-state index in [1.807, 2.05) is 13.8 Å². The number of halogens is 1. The quantitative estimate of drug-likeness (QED) is 0.862. The van der Waals surface area contributed by atoms with Crippen molar-refractivity contribution in [3.05, 3.63) is 35.6 Å². The van der Waals surface area contributed by atoms with Crippen LogP contribution in [0.15, 0.2) is 24.3 Å². The van der Waals surface area contributed by atoms with Gasteiger partial charge in [0.05, 0.1) is 6.04 Å². The van der Waals surface area contributed by atoms with Crippen LogP contribution in [0.5, 0.6) is 0 Å². The van der Waals surface area contributed by atoms with E-state index < -0.39 is 0 Å². The molecule has 0 fully saturated rings. The molecule has 0 bridgehead atoms. The SMILES string of the molecule is CC(C)NC(=O)N(C)C(C)c1ccccc1F. The van der Waals surface area contributed by atoms with E-state index in [-0.39, 0.29) is 23.9 Å². The summed E-state index contributed by atoms with van der Waals surface area (Å²) in [6.45, 7) is 5.58. The Morgan fingerprint density at radius 2 is 1.88 bits per heavy atom. The first kappa shape index (κ1) is 13.5. The molecule has 0 radical (unpaired) electrons. The lowest BCUT2D eigenvalue weighted by atomic mass is 10.1. The highest BCUT2D eigenvalue weighted by atomic mass is 19.1. The van der Waals surface area contributed by atoms with Gasteiger partial charge in [-0.05, 0) is 26.8 Å². The number of nitrogens with zero attached hydrogens (tertiary/aromatic N) is 1. The average Bonchev–Trinajstić information content (AvgIpc) is 2.27. The molecule has 3 nitrogen and oxygen atoms in total. The molecule has 4 heteroatoms. The van der Waals surface area contributed by atoms with Crippen molar-refractivity contribution in [3.63, 3.8) is 0 Å². The van der Waals surface area contributed by atoms with Crippen LogP contribution in [0.4, 0.5) is 9.18 Å². The van der Waals surface area contributed by atoms with Gasteiger partial charge in [0, 0.05) is 18.7 Å². The molecule has 1 aromatic carbocycles. The monoisotopic (exact) mass is 238 g/mol. The van der Waals surface area contributed by atoms with E-state index in [2.05, 4.69) is 5.32 Å². The molecule has 0 aromatic heterocycles. The van der Waals surface area contributed by atoms with Crippen LogP contribution >= 0.6 is 0 Å². The molecule has 0 saturated heterocycles.